The Morgan fingerprint density at radius 1 is 0.816 bits per heavy atom. The minimum Gasteiger partial charge on any atom is -0.362 e. The van der Waals surface area contributed by atoms with E-state index < -0.39 is 0 Å². The summed E-state index contributed by atoms with van der Waals surface area (Å²) in [7, 11) is 0. The van der Waals surface area contributed by atoms with Gasteiger partial charge < -0.3 is 9.80 Å². The van der Waals surface area contributed by atoms with Crippen molar-refractivity contribution in [2.24, 2.45) is 0 Å². The second-order valence-electron chi connectivity index (χ2n) is 12.2. The number of nitrogens with zero attached hydrogens (tertiary/aromatic N) is 2. The number of hydrogen-bond acceptors (Lipinski definition) is 2. The van der Waals surface area contributed by atoms with Crippen LogP contribution >= 0.6 is 11.6 Å². The zero-order valence-electron chi connectivity index (χ0n) is 24.2. The van der Waals surface area contributed by atoms with Crippen molar-refractivity contribution < 1.29 is 0 Å². The number of likely N-dealkylation sites (N-methyl/N-ethyl adjacent to an activating group) is 2. The van der Waals surface area contributed by atoms with Crippen LogP contribution in [-0.4, -0.2) is 18.6 Å². The van der Waals surface area contributed by atoms with Gasteiger partial charge in [0.15, 0.2) is 0 Å². The third-order valence-electron chi connectivity index (χ3n) is 9.63. The zero-order valence-corrected chi connectivity index (χ0v) is 25.0. The highest BCUT2D eigenvalue weighted by atomic mass is 35.5. The fourth-order valence-corrected chi connectivity index (χ4v) is 7.34. The van der Waals surface area contributed by atoms with E-state index >= 15 is 0 Å². The number of halogens is 1. The summed E-state index contributed by atoms with van der Waals surface area (Å²) < 4.78 is 0. The molecule has 0 bridgehead atoms. The summed E-state index contributed by atoms with van der Waals surface area (Å²) in [6.07, 6.45) is 12.5. The lowest BCUT2D eigenvalue weighted by Gasteiger charge is -2.43. The Morgan fingerprint density at radius 3 is 2.16 bits per heavy atom. The molecule has 1 unspecified atom stereocenters. The first kappa shape index (κ1) is 26.9. The van der Waals surface area contributed by atoms with Gasteiger partial charge in [-0.3, -0.25) is 0 Å². The maximum atomic E-state index is 7.13. The molecule has 5 rings (SSSR count). The first-order chi connectivity index (χ1) is 18.1. The van der Waals surface area contributed by atoms with Crippen LogP contribution in [-0.2, 0) is 10.8 Å². The van der Waals surface area contributed by atoms with Crippen LogP contribution in [0.5, 0.6) is 0 Å². The summed E-state index contributed by atoms with van der Waals surface area (Å²) in [5.74, 6) is 0. The molecule has 0 amide bonds. The van der Waals surface area contributed by atoms with Crippen LogP contribution in [0.2, 0.25) is 0 Å². The Morgan fingerprint density at radius 2 is 1.47 bits per heavy atom. The Hall–Kier alpha value is -2.71. The number of anilines is 2. The SMILES string of the molecule is CCN1C(=CC=C2CCCC(C=CC3(C)N(CC)c4ccccc4C3(C)C)=C2Cl)C(C)(C)c2ccccc21. The molecule has 0 radical (unpaired) electrons. The van der Waals surface area contributed by atoms with Gasteiger partial charge in [0.25, 0.3) is 0 Å². The lowest BCUT2D eigenvalue weighted by Crippen LogP contribution is -2.51. The maximum Gasteiger partial charge on any atom is 0.0651 e. The largest absolute Gasteiger partial charge is 0.362 e. The van der Waals surface area contributed by atoms with Crippen LogP contribution in [0.4, 0.5) is 11.4 Å². The van der Waals surface area contributed by atoms with Crippen LogP contribution < -0.4 is 9.80 Å². The molecule has 0 fully saturated rings. The predicted octanol–water partition coefficient (Wildman–Crippen LogP) is 9.42. The second-order valence-corrected chi connectivity index (χ2v) is 12.6. The highest BCUT2D eigenvalue weighted by molar-refractivity contribution is 6.32. The summed E-state index contributed by atoms with van der Waals surface area (Å²) in [6, 6.07) is 17.7. The highest BCUT2D eigenvalue weighted by Gasteiger charge is 2.51. The lowest BCUT2D eigenvalue weighted by atomic mass is 9.71. The zero-order chi connectivity index (χ0) is 27.3. The first-order valence-electron chi connectivity index (χ1n) is 14.3. The van der Waals surface area contributed by atoms with Gasteiger partial charge in [-0.15, -0.1) is 0 Å². The minimum absolute atomic E-state index is 0.00638. The third-order valence-corrected chi connectivity index (χ3v) is 10.1. The molecule has 0 saturated heterocycles. The number of benzene rings is 2. The van der Waals surface area contributed by atoms with E-state index in [2.05, 4.69) is 131 Å². The molecule has 3 aliphatic rings. The molecule has 1 aliphatic carbocycles. The van der Waals surface area contributed by atoms with Crippen molar-refractivity contribution in [2.75, 3.05) is 22.9 Å². The number of allylic oxidation sites excluding steroid dienone is 7. The van der Waals surface area contributed by atoms with E-state index in [4.69, 9.17) is 11.6 Å². The van der Waals surface area contributed by atoms with Crippen molar-refractivity contribution in [3.8, 4) is 0 Å². The van der Waals surface area contributed by atoms with Crippen LogP contribution in [0.1, 0.15) is 78.9 Å². The summed E-state index contributed by atoms with van der Waals surface area (Å²) in [5, 5.41) is 0.931. The Balaban J connectivity index is 1.48. The fourth-order valence-electron chi connectivity index (χ4n) is 7.03. The molecular formula is C35H43ClN2. The summed E-state index contributed by atoms with van der Waals surface area (Å²) in [6.45, 7) is 18.2. The van der Waals surface area contributed by atoms with E-state index in [1.165, 1.54) is 39.3 Å². The molecule has 2 aromatic carbocycles. The van der Waals surface area contributed by atoms with Crippen LogP contribution in [0, 0.1) is 0 Å². The normalized spacial score (nSPS) is 26.1. The maximum absolute atomic E-state index is 7.13. The summed E-state index contributed by atoms with van der Waals surface area (Å²) in [4.78, 5) is 5.00. The van der Waals surface area contributed by atoms with E-state index in [9.17, 15) is 0 Å². The van der Waals surface area contributed by atoms with E-state index in [1.54, 1.807) is 0 Å². The van der Waals surface area contributed by atoms with E-state index in [-0.39, 0.29) is 16.4 Å². The molecule has 0 aromatic heterocycles. The average Bonchev–Trinajstić information content (AvgIpc) is 3.23. The van der Waals surface area contributed by atoms with Crippen molar-refractivity contribution in [2.45, 2.75) is 84.1 Å². The summed E-state index contributed by atoms with van der Waals surface area (Å²) >= 11 is 7.13. The van der Waals surface area contributed by atoms with Crippen LogP contribution in [0.25, 0.3) is 0 Å². The molecule has 200 valence electrons. The molecule has 1 atom stereocenters. The van der Waals surface area contributed by atoms with Crippen molar-refractivity contribution >= 4 is 23.0 Å². The van der Waals surface area contributed by atoms with E-state index in [0.29, 0.717) is 0 Å². The lowest BCUT2D eigenvalue weighted by molar-refractivity contribution is 0.352. The third kappa shape index (κ3) is 3.99. The van der Waals surface area contributed by atoms with Gasteiger partial charge in [-0.2, -0.15) is 0 Å². The molecule has 2 aromatic rings. The smallest absolute Gasteiger partial charge is 0.0651 e. The molecule has 0 spiro atoms. The minimum atomic E-state index is -0.125. The standard InChI is InChI=1S/C35H43ClN2/c1-8-37-29-19-12-10-17-27(29)33(3,4)31(37)22-21-25-15-14-16-26(32(25)36)23-24-35(7)34(5,6)28-18-11-13-20-30(28)38(35)9-2/h10-13,17-24H,8-9,14-16H2,1-7H3. The van der Waals surface area contributed by atoms with Gasteiger partial charge in [0.05, 0.1) is 5.54 Å². The molecule has 2 aliphatic heterocycles. The number of hydrogen-bond donors (Lipinski definition) is 0. The molecule has 0 saturated carbocycles. The van der Waals surface area contributed by atoms with Crippen molar-refractivity contribution in [3.63, 3.8) is 0 Å². The Labute approximate surface area is 235 Å². The van der Waals surface area contributed by atoms with Crippen molar-refractivity contribution in [1.29, 1.82) is 0 Å². The van der Waals surface area contributed by atoms with Crippen LogP contribution in [0.15, 0.2) is 94.7 Å². The number of para-hydroxylation sites is 2. The van der Waals surface area contributed by atoms with Gasteiger partial charge in [-0.25, -0.2) is 0 Å². The van der Waals surface area contributed by atoms with Gasteiger partial charge in [0, 0.05) is 46.0 Å². The quantitative estimate of drug-likeness (QED) is 0.382. The van der Waals surface area contributed by atoms with Gasteiger partial charge in [-0.1, -0.05) is 93.9 Å². The molecule has 38 heavy (non-hydrogen) atoms. The number of fused-ring (bicyclic) bond motifs is 2. The molecule has 2 heterocycles. The second kappa shape index (κ2) is 9.79. The Kier molecular flexibility index (Phi) is 6.93. The molecular weight excluding hydrogens is 484 g/mol. The van der Waals surface area contributed by atoms with E-state index in [0.717, 1.165) is 37.4 Å². The first-order valence-corrected chi connectivity index (χ1v) is 14.7. The van der Waals surface area contributed by atoms with Crippen LogP contribution in [0.3, 0.4) is 0 Å². The summed E-state index contributed by atoms with van der Waals surface area (Å²) in [5.41, 5.74) is 9.19. The predicted molar refractivity (Wildman–Crippen MR) is 165 cm³/mol. The van der Waals surface area contributed by atoms with Crippen molar-refractivity contribution in [1.82, 2.24) is 0 Å². The topological polar surface area (TPSA) is 6.48 Å². The highest BCUT2D eigenvalue weighted by Crippen LogP contribution is 2.52. The van der Waals surface area contributed by atoms with Gasteiger partial charge >= 0.3 is 0 Å². The van der Waals surface area contributed by atoms with E-state index in [1.807, 2.05) is 0 Å². The monoisotopic (exact) mass is 526 g/mol. The Bertz CT molecular complexity index is 1360. The van der Waals surface area contributed by atoms with Crippen molar-refractivity contribution in [3.05, 3.63) is 106 Å². The van der Waals surface area contributed by atoms with Gasteiger partial charge in [0.2, 0.25) is 0 Å². The number of rotatable bonds is 5. The fraction of sp³-hybridized carbons (Fsp3) is 0.429. The molecule has 2 nitrogen and oxygen atoms in total. The van der Waals surface area contributed by atoms with Gasteiger partial charge in [0.1, 0.15) is 0 Å². The molecule has 3 heteroatoms. The van der Waals surface area contributed by atoms with Gasteiger partial charge in [-0.05, 0) is 80.5 Å². The molecule has 0 N–H and O–H groups in total. The average molecular weight is 527 g/mol.